The summed E-state index contributed by atoms with van der Waals surface area (Å²) in [5.41, 5.74) is 1.07. The van der Waals surface area contributed by atoms with Gasteiger partial charge in [0, 0.05) is 29.6 Å². The lowest BCUT2D eigenvalue weighted by molar-refractivity contribution is -0.117. The van der Waals surface area contributed by atoms with Crippen molar-refractivity contribution in [2.24, 2.45) is 0 Å². The molecule has 0 N–H and O–H groups in total. The van der Waals surface area contributed by atoms with Gasteiger partial charge in [0.05, 0.1) is 11.3 Å². The quantitative estimate of drug-likeness (QED) is 0.831. The van der Waals surface area contributed by atoms with Gasteiger partial charge in [-0.15, -0.1) is 0 Å². The minimum atomic E-state index is -0.0478. The van der Waals surface area contributed by atoms with Crippen LogP contribution in [0.25, 0.3) is 0 Å². The topological polar surface area (TPSA) is 61.2 Å². The molecular formula is C13H11BrN2O2S. The monoisotopic (exact) mass is 338 g/mol. The number of nitriles is 1. The minimum Gasteiger partial charge on any atom is -0.310 e. The highest BCUT2D eigenvalue weighted by molar-refractivity contribution is 9.10. The van der Waals surface area contributed by atoms with Crippen LogP contribution in [0.2, 0.25) is 0 Å². The third kappa shape index (κ3) is 3.17. The molecule has 0 radical (unpaired) electrons. The molecule has 0 bridgehead atoms. The second-order valence-electron chi connectivity index (χ2n) is 4.21. The number of hydrogen-bond donors (Lipinski definition) is 0. The van der Waals surface area contributed by atoms with Gasteiger partial charge in [0.1, 0.15) is 6.07 Å². The molecule has 1 atom stereocenters. The number of carbonyl (C=O) groups is 2. The number of rotatable bonds is 2. The number of carbonyl (C=O) groups excluding carboxylic acids is 2. The summed E-state index contributed by atoms with van der Waals surface area (Å²) < 4.78 is 0.817. The van der Waals surface area contributed by atoms with Crippen molar-refractivity contribution in [3.8, 4) is 6.07 Å². The fourth-order valence-corrected chi connectivity index (χ4v) is 3.31. The van der Waals surface area contributed by atoms with Crippen LogP contribution in [0, 0.1) is 11.3 Å². The Bertz CT molecular complexity index is 582. The number of benzene rings is 1. The molecule has 0 aliphatic carbocycles. The molecule has 4 nitrogen and oxygen atoms in total. The molecule has 1 aromatic rings. The molecule has 0 saturated carbocycles. The Morgan fingerprint density at radius 1 is 1.58 bits per heavy atom. The van der Waals surface area contributed by atoms with Crippen LogP contribution < -0.4 is 4.90 Å². The van der Waals surface area contributed by atoms with Crippen LogP contribution in [-0.2, 0) is 9.59 Å². The van der Waals surface area contributed by atoms with Crippen LogP contribution in [0.5, 0.6) is 0 Å². The highest BCUT2D eigenvalue weighted by Crippen LogP contribution is 2.32. The minimum absolute atomic E-state index is 0.00870. The molecular weight excluding hydrogens is 328 g/mol. The predicted molar refractivity (Wildman–Crippen MR) is 77.9 cm³/mol. The van der Waals surface area contributed by atoms with Crippen molar-refractivity contribution in [2.45, 2.75) is 18.6 Å². The number of thioether (sulfide) groups is 1. The van der Waals surface area contributed by atoms with Gasteiger partial charge in [-0.25, -0.2) is 0 Å². The number of halogens is 1. The average molecular weight is 339 g/mol. The SMILES string of the molecule is CC(=O)SC1CC(=O)N(c2cc(Br)ccc2C#N)C1. The van der Waals surface area contributed by atoms with Crippen LogP contribution in [0.15, 0.2) is 22.7 Å². The highest BCUT2D eigenvalue weighted by atomic mass is 79.9. The van der Waals surface area contributed by atoms with Gasteiger partial charge in [-0.3, -0.25) is 9.59 Å². The van der Waals surface area contributed by atoms with E-state index in [1.54, 1.807) is 23.1 Å². The maximum absolute atomic E-state index is 12.0. The van der Waals surface area contributed by atoms with Gasteiger partial charge in [-0.05, 0) is 18.2 Å². The second kappa shape index (κ2) is 5.76. The number of nitrogens with zero attached hydrogens (tertiary/aromatic N) is 2. The summed E-state index contributed by atoms with van der Waals surface area (Å²) in [6.45, 7) is 1.96. The maximum Gasteiger partial charge on any atom is 0.228 e. The normalized spacial score (nSPS) is 18.5. The van der Waals surface area contributed by atoms with Crippen LogP contribution in [0.4, 0.5) is 5.69 Å². The van der Waals surface area contributed by atoms with E-state index in [0.29, 0.717) is 24.2 Å². The van der Waals surface area contributed by atoms with E-state index in [9.17, 15) is 9.59 Å². The van der Waals surface area contributed by atoms with Crippen LogP contribution in [-0.4, -0.2) is 22.8 Å². The van der Waals surface area contributed by atoms with E-state index in [2.05, 4.69) is 22.0 Å². The first-order valence-corrected chi connectivity index (χ1v) is 7.35. The lowest BCUT2D eigenvalue weighted by Gasteiger charge is -2.18. The third-order valence-electron chi connectivity index (χ3n) is 2.79. The first-order valence-electron chi connectivity index (χ1n) is 5.68. The molecule has 2 rings (SSSR count). The molecule has 1 aliphatic heterocycles. The zero-order chi connectivity index (χ0) is 14.0. The van der Waals surface area contributed by atoms with E-state index >= 15 is 0 Å². The van der Waals surface area contributed by atoms with Crippen molar-refractivity contribution in [1.82, 2.24) is 0 Å². The molecule has 19 heavy (non-hydrogen) atoms. The van der Waals surface area contributed by atoms with Gasteiger partial charge < -0.3 is 4.90 Å². The highest BCUT2D eigenvalue weighted by Gasteiger charge is 2.33. The van der Waals surface area contributed by atoms with Crippen molar-refractivity contribution in [1.29, 1.82) is 5.26 Å². The van der Waals surface area contributed by atoms with E-state index in [0.717, 1.165) is 4.47 Å². The zero-order valence-electron chi connectivity index (χ0n) is 10.2. The van der Waals surface area contributed by atoms with Crippen molar-refractivity contribution < 1.29 is 9.59 Å². The Labute approximate surface area is 123 Å². The van der Waals surface area contributed by atoms with Crippen molar-refractivity contribution >= 4 is 44.4 Å². The van der Waals surface area contributed by atoms with E-state index < -0.39 is 0 Å². The summed E-state index contributed by atoms with van der Waals surface area (Å²) in [5, 5.41) is 9.08. The average Bonchev–Trinajstić information content (AvgIpc) is 2.69. The molecule has 1 unspecified atom stereocenters. The Morgan fingerprint density at radius 2 is 2.32 bits per heavy atom. The van der Waals surface area contributed by atoms with Crippen LogP contribution >= 0.6 is 27.7 Å². The first-order chi connectivity index (χ1) is 9.01. The van der Waals surface area contributed by atoms with Gasteiger partial charge in [-0.1, -0.05) is 27.7 Å². The van der Waals surface area contributed by atoms with E-state index in [1.807, 2.05) is 0 Å². The van der Waals surface area contributed by atoms with Gasteiger partial charge in [-0.2, -0.15) is 5.26 Å². The molecule has 1 saturated heterocycles. The van der Waals surface area contributed by atoms with Crippen molar-refractivity contribution in [3.05, 3.63) is 28.2 Å². The molecule has 0 aromatic heterocycles. The lowest BCUT2D eigenvalue weighted by atomic mass is 10.2. The Kier molecular flexibility index (Phi) is 4.27. The first kappa shape index (κ1) is 14.1. The summed E-state index contributed by atoms with van der Waals surface area (Å²) in [4.78, 5) is 24.7. The molecule has 0 spiro atoms. The largest absolute Gasteiger partial charge is 0.310 e. The maximum atomic E-state index is 12.0. The van der Waals surface area contributed by atoms with E-state index in [1.165, 1.54) is 18.7 Å². The second-order valence-corrected chi connectivity index (χ2v) is 6.61. The lowest BCUT2D eigenvalue weighted by Crippen LogP contribution is -2.25. The van der Waals surface area contributed by atoms with Gasteiger partial charge in [0.2, 0.25) is 5.91 Å². The number of hydrogen-bond acceptors (Lipinski definition) is 4. The van der Waals surface area contributed by atoms with Gasteiger partial charge >= 0.3 is 0 Å². The summed E-state index contributed by atoms with van der Waals surface area (Å²) in [5.74, 6) is -0.0478. The molecule has 98 valence electrons. The van der Waals surface area contributed by atoms with Gasteiger partial charge in [0.25, 0.3) is 0 Å². The Balaban J connectivity index is 2.28. The molecule has 1 amide bonds. The molecule has 1 aromatic carbocycles. The number of amides is 1. The summed E-state index contributed by atoms with van der Waals surface area (Å²) in [7, 11) is 0. The van der Waals surface area contributed by atoms with Crippen molar-refractivity contribution in [3.63, 3.8) is 0 Å². The molecule has 1 fully saturated rings. The van der Waals surface area contributed by atoms with Crippen LogP contribution in [0.1, 0.15) is 18.9 Å². The van der Waals surface area contributed by atoms with Crippen molar-refractivity contribution in [2.75, 3.05) is 11.4 Å². The Hall–Kier alpha value is -1.32. The predicted octanol–water partition coefficient (Wildman–Crippen LogP) is 2.71. The third-order valence-corrected chi connectivity index (χ3v) is 4.27. The summed E-state index contributed by atoms with van der Waals surface area (Å²) >= 11 is 4.53. The summed E-state index contributed by atoms with van der Waals surface area (Å²) in [6.07, 6.45) is 0.335. The van der Waals surface area contributed by atoms with Gasteiger partial charge in [0.15, 0.2) is 5.12 Å². The zero-order valence-corrected chi connectivity index (χ0v) is 12.6. The van der Waals surface area contributed by atoms with E-state index in [-0.39, 0.29) is 16.3 Å². The molecule has 1 heterocycles. The van der Waals surface area contributed by atoms with Crippen LogP contribution in [0.3, 0.4) is 0 Å². The molecule has 6 heteroatoms. The fraction of sp³-hybridized carbons (Fsp3) is 0.308. The fourth-order valence-electron chi connectivity index (χ4n) is 2.04. The smallest absolute Gasteiger partial charge is 0.228 e. The summed E-state index contributed by atoms with van der Waals surface area (Å²) in [6, 6.07) is 7.30. The van der Waals surface area contributed by atoms with E-state index in [4.69, 9.17) is 5.26 Å². The standard InChI is InChI=1S/C13H11BrN2O2S/c1-8(17)19-11-5-13(18)16(7-11)12-4-10(14)3-2-9(12)6-15/h2-4,11H,5,7H2,1H3. The Morgan fingerprint density at radius 3 is 2.95 bits per heavy atom. The number of anilines is 1. The molecule has 1 aliphatic rings.